The fourth-order valence-electron chi connectivity index (χ4n) is 3.60. The van der Waals surface area contributed by atoms with Crippen LogP contribution in [0.5, 0.6) is 0 Å². The minimum Gasteiger partial charge on any atom is -0.349 e. The highest BCUT2D eigenvalue weighted by atomic mass is 16.1. The standard InChI is InChI=1S/C19H27N9O/c1-15-7-11-26(12-8-15)14-18-23-24-25-28(18)10-4-6-19(29)20-13-17-22-21-16-5-2-3-9-27(16)17/h2-3,5,9,15H,4,6-8,10-14H2,1H3,(H,20,29). The summed E-state index contributed by atoms with van der Waals surface area (Å²) in [4.78, 5) is 14.6. The predicted molar refractivity (Wildman–Crippen MR) is 106 cm³/mol. The summed E-state index contributed by atoms with van der Waals surface area (Å²) in [5, 5.41) is 23.2. The SMILES string of the molecule is CC1CCN(Cc2nnnn2CCCC(=O)NCc2nnc3ccccn23)CC1. The smallest absolute Gasteiger partial charge is 0.220 e. The molecule has 3 aromatic heterocycles. The van der Waals surface area contributed by atoms with E-state index in [9.17, 15) is 4.79 Å². The Balaban J connectivity index is 1.21. The van der Waals surface area contributed by atoms with Crippen LogP contribution in [0.3, 0.4) is 0 Å². The summed E-state index contributed by atoms with van der Waals surface area (Å²) in [5.74, 6) is 2.37. The summed E-state index contributed by atoms with van der Waals surface area (Å²) in [7, 11) is 0. The molecule has 154 valence electrons. The summed E-state index contributed by atoms with van der Waals surface area (Å²) in [6.07, 6.45) is 5.43. The Bertz CT molecular complexity index is 942. The second-order valence-electron chi connectivity index (χ2n) is 7.70. The molecule has 1 fully saturated rings. The van der Waals surface area contributed by atoms with E-state index < -0.39 is 0 Å². The highest BCUT2D eigenvalue weighted by molar-refractivity contribution is 5.75. The van der Waals surface area contributed by atoms with Crippen LogP contribution in [0.4, 0.5) is 0 Å². The van der Waals surface area contributed by atoms with Gasteiger partial charge in [0.1, 0.15) is 0 Å². The van der Waals surface area contributed by atoms with Gasteiger partial charge in [-0.1, -0.05) is 13.0 Å². The van der Waals surface area contributed by atoms with Crippen molar-refractivity contribution < 1.29 is 4.79 Å². The molecule has 0 bridgehead atoms. The highest BCUT2D eigenvalue weighted by Crippen LogP contribution is 2.17. The summed E-state index contributed by atoms with van der Waals surface area (Å²) < 4.78 is 3.69. The second-order valence-corrected chi connectivity index (χ2v) is 7.70. The zero-order chi connectivity index (χ0) is 20.1. The topological polar surface area (TPSA) is 106 Å². The van der Waals surface area contributed by atoms with E-state index in [2.05, 4.69) is 42.9 Å². The number of hydrogen-bond acceptors (Lipinski definition) is 7. The van der Waals surface area contributed by atoms with E-state index in [0.717, 1.165) is 37.0 Å². The van der Waals surface area contributed by atoms with Crippen molar-refractivity contribution in [2.75, 3.05) is 13.1 Å². The number of hydrogen-bond donors (Lipinski definition) is 1. The van der Waals surface area contributed by atoms with Crippen LogP contribution in [0.15, 0.2) is 24.4 Å². The predicted octanol–water partition coefficient (Wildman–Crippen LogP) is 1.04. The molecule has 29 heavy (non-hydrogen) atoms. The van der Waals surface area contributed by atoms with E-state index in [1.54, 1.807) is 0 Å². The number of carbonyl (C=O) groups excluding carboxylic acids is 1. The molecule has 0 aliphatic carbocycles. The monoisotopic (exact) mass is 397 g/mol. The number of aryl methyl sites for hydroxylation is 1. The van der Waals surface area contributed by atoms with Crippen molar-refractivity contribution in [3.8, 4) is 0 Å². The van der Waals surface area contributed by atoms with Crippen molar-refractivity contribution in [3.63, 3.8) is 0 Å². The molecule has 10 nitrogen and oxygen atoms in total. The van der Waals surface area contributed by atoms with Gasteiger partial charge in [0.15, 0.2) is 17.3 Å². The molecular formula is C19H27N9O. The second kappa shape index (κ2) is 9.08. The first-order valence-electron chi connectivity index (χ1n) is 10.2. The van der Waals surface area contributed by atoms with Crippen LogP contribution in [-0.2, 0) is 24.4 Å². The van der Waals surface area contributed by atoms with Crippen molar-refractivity contribution in [1.29, 1.82) is 0 Å². The van der Waals surface area contributed by atoms with Crippen LogP contribution in [0.2, 0.25) is 0 Å². The van der Waals surface area contributed by atoms with Crippen LogP contribution >= 0.6 is 0 Å². The highest BCUT2D eigenvalue weighted by Gasteiger charge is 2.18. The first-order valence-corrected chi connectivity index (χ1v) is 10.2. The van der Waals surface area contributed by atoms with Gasteiger partial charge in [-0.25, -0.2) is 4.68 Å². The Kier molecular flexibility index (Phi) is 6.09. The molecule has 0 spiro atoms. The molecule has 1 aliphatic rings. The van der Waals surface area contributed by atoms with E-state index >= 15 is 0 Å². The maximum absolute atomic E-state index is 12.2. The number of likely N-dealkylation sites (tertiary alicyclic amines) is 1. The van der Waals surface area contributed by atoms with Crippen molar-refractivity contribution >= 4 is 11.6 Å². The number of piperidine rings is 1. The Labute approximate surface area is 169 Å². The summed E-state index contributed by atoms with van der Waals surface area (Å²) in [5.41, 5.74) is 0.770. The molecule has 0 unspecified atom stereocenters. The van der Waals surface area contributed by atoms with Gasteiger partial charge in [0.05, 0.1) is 13.1 Å². The van der Waals surface area contributed by atoms with Gasteiger partial charge in [0.25, 0.3) is 0 Å². The molecule has 1 aliphatic heterocycles. The first-order chi connectivity index (χ1) is 14.2. The minimum atomic E-state index is -0.0164. The van der Waals surface area contributed by atoms with Gasteiger partial charge in [0, 0.05) is 19.2 Å². The van der Waals surface area contributed by atoms with E-state index in [1.165, 1.54) is 12.8 Å². The van der Waals surface area contributed by atoms with Gasteiger partial charge in [-0.05, 0) is 60.8 Å². The normalized spacial score (nSPS) is 15.8. The number of nitrogens with zero attached hydrogens (tertiary/aromatic N) is 8. The van der Waals surface area contributed by atoms with Gasteiger partial charge in [-0.3, -0.25) is 14.1 Å². The third-order valence-electron chi connectivity index (χ3n) is 5.45. The average molecular weight is 397 g/mol. The fraction of sp³-hybridized carbons (Fsp3) is 0.579. The molecule has 0 atom stereocenters. The third kappa shape index (κ3) is 4.94. The molecule has 0 radical (unpaired) electrons. The van der Waals surface area contributed by atoms with Gasteiger partial charge in [0.2, 0.25) is 5.91 Å². The lowest BCUT2D eigenvalue weighted by Gasteiger charge is -2.29. The zero-order valence-corrected chi connectivity index (χ0v) is 16.7. The lowest BCUT2D eigenvalue weighted by atomic mass is 9.99. The Morgan fingerprint density at radius 1 is 1.17 bits per heavy atom. The number of pyridine rings is 1. The van der Waals surface area contributed by atoms with Crippen LogP contribution < -0.4 is 5.32 Å². The van der Waals surface area contributed by atoms with Crippen LogP contribution in [0, 0.1) is 5.92 Å². The average Bonchev–Trinajstić information content (AvgIpc) is 3.35. The number of carbonyl (C=O) groups is 1. The number of nitrogens with one attached hydrogen (secondary N) is 1. The molecule has 4 rings (SSSR count). The summed E-state index contributed by atoms with van der Waals surface area (Å²) >= 11 is 0. The van der Waals surface area contributed by atoms with Crippen molar-refractivity contribution in [2.24, 2.45) is 5.92 Å². The fourth-order valence-corrected chi connectivity index (χ4v) is 3.60. The molecule has 3 aromatic rings. The van der Waals surface area contributed by atoms with Crippen LogP contribution in [-0.4, -0.2) is 58.7 Å². The quantitative estimate of drug-likeness (QED) is 0.605. The maximum Gasteiger partial charge on any atom is 0.220 e. The van der Waals surface area contributed by atoms with Gasteiger partial charge in [-0.2, -0.15) is 0 Å². The number of amides is 1. The van der Waals surface area contributed by atoms with Crippen molar-refractivity contribution in [1.82, 2.24) is 45.0 Å². The van der Waals surface area contributed by atoms with Gasteiger partial charge >= 0.3 is 0 Å². The lowest BCUT2D eigenvalue weighted by Crippen LogP contribution is -2.33. The van der Waals surface area contributed by atoms with Crippen molar-refractivity contribution in [3.05, 3.63) is 36.0 Å². The Morgan fingerprint density at radius 2 is 2.03 bits per heavy atom. The first kappa shape index (κ1) is 19.4. The number of rotatable bonds is 8. The Hall–Kier alpha value is -2.88. The van der Waals surface area contributed by atoms with E-state index in [0.29, 0.717) is 31.8 Å². The number of fused-ring (bicyclic) bond motifs is 1. The van der Waals surface area contributed by atoms with Crippen LogP contribution in [0.25, 0.3) is 5.65 Å². The van der Waals surface area contributed by atoms with Gasteiger partial charge < -0.3 is 5.32 Å². The number of aromatic nitrogens is 7. The number of tetrazole rings is 1. The lowest BCUT2D eigenvalue weighted by molar-refractivity contribution is -0.121. The molecule has 1 amide bonds. The van der Waals surface area contributed by atoms with Gasteiger partial charge in [-0.15, -0.1) is 15.3 Å². The van der Waals surface area contributed by atoms with E-state index in [1.807, 2.05) is 33.5 Å². The maximum atomic E-state index is 12.2. The van der Waals surface area contributed by atoms with E-state index in [-0.39, 0.29) is 5.91 Å². The summed E-state index contributed by atoms with van der Waals surface area (Å²) in [6, 6.07) is 5.70. The van der Waals surface area contributed by atoms with Crippen LogP contribution in [0.1, 0.15) is 44.3 Å². The molecule has 4 heterocycles. The molecular weight excluding hydrogens is 370 g/mol. The van der Waals surface area contributed by atoms with E-state index in [4.69, 9.17) is 0 Å². The van der Waals surface area contributed by atoms with Crippen molar-refractivity contribution in [2.45, 2.75) is 52.2 Å². The Morgan fingerprint density at radius 3 is 2.90 bits per heavy atom. The molecule has 10 heteroatoms. The zero-order valence-electron chi connectivity index (χ0n) is 16.7. The third-order valence-corrected chi connectivity index (χ3v) is 5.45. The molecule has 0 saturated carbocycles. The molecule has 1 saturated heterocycles. The molecule has 0 aromatic carbocycles. The summed E-state index contributed by atoms with van der Waals surface area (Å²) in [6.45, 7) is 6.24. The minimum absolute atomic E-state index is 0.0164. The molecule has 1 N–H and O–H groups in total. The largest absolute Gasteiger partial charge is 0.349 e.